The molecular formula is C24H26ClFN4O3. The van der Waals surface area contributed by atoms with Crippen LogP contribution < -0.4 is 0 Å². The maximum Gasteiger partial charge on any atom is 0.253 e. The minimum Gasteiger partial charge on any atom is -0.379 e. The number of halogens is 2. The zero-order chi connectivity index (χ0) is 23.0. The lowest BCUT2D eigenvalue weighted by Gasteiger charge is -2.28. The van der Waals surface area contributed by atoms with Crippen LogP contribution in [0.25, 0.3) is 11.4 Å². The van der Waals surface area contributed by atoms with E-state index in [-0.39, 0.29) is 5.91 Å². The van der Waals surface area contributed by atoms with Gasteiger partial charge in [-0.25, -0.2) is 4.39 Å². The third-order valence-electron chi connectivity index (χ3n) is 5.51. The van der Waals surface area contributed by atoms with Crippen molar-refractivity contribution in [2.75, 3.05) is 45.9 Å². The molecule has 0 aliphatic carbocycles. The Morgan fingerprint density at radius 1 is 1.12 bits per heavy atom. The Morgan fingerprint density at radius 3 is 2.73 bits per heavy atom. The molecule has 1 aromatic heterocycles. The molecule has 1 aliphatic rings. The van der Waals surface area contributed by atoms with Gasteiger partial charge in [0.05, 0.1) is 13.2 Å². The molecule has 2 aromatic carbocycles. The first-order valence-electron chi connectivity index (χ1n) is 11.0. The lowest BCUT2D eigenvalue weighted by molar-refractivity contribution is 0.0357. The zero-order valence-corrected chi connectivity index (χ0v) is 19.0. The van der Waals surface area contributed by atoms with Crippen LogP contribution in [0, 0.1) is 5.82 Å². The van der Waals surface area contributed by atoms with E-state index < -0.39 is 5.82 Å². The Bertz CT molecular complexity index is 1070. The molecule has 1 saturated heterocycles. The van der Waals surface area contributed by atoms with E-state index in [9.17, 15) is 9.18 Å². The molecular weight excluding hydrogens is 447 g/mol. The number of carbonyl (C=O) groups excluding carboxylic acids is 1. The van der Waals surface area contributed by atoms with E-state index in [0.717, 1.165) is 44.8 Å². The van der Waals surface area contributed by atoms with Gasteiger partial charge >= 0.3 is 0 Å². The summed E-state index contributed by atoms with van der Waals surface area (Å²) in [7, 11) is 0. The molecule has 174 valence electrons. The van der Waals surface area contributed by atoms with Gasteiger partial charge in [0.15, 0.2) is 0 Å². The summed E-state index contributed by atoms with van der Waals surface area (Å²) in [5.41, 5.74) is 1.09. The summed E-state index contributed by atoms with van der Waals surface area (Å²) >= 11 is 6.05. The maximum absolute atomic E-state index is 13.7. The average Bonchev–Trinajstić information content (AvgIpc) is 3.31. The van der Waals surface area contributed by atoms with Gasteiger partial charge < -0.3 is 14.2 Å². The van der Waals surface area contributed by atoms with Crippen molar-refractivity contribution in [2.45, 2.75) is 12.8 Å². The number of rotatable bonds is 9. The van der Waals surface area contributed by atoms with Crippen LogP contribution in [-0.2, 0) is 11.2 Å². The quantitative estimate of drug-likeness (QED) is 0.470. The molecule has 3 aromatic rings. The second kappa shape index (κ2) is 11.4. The second-order valence-corrected chi connectivity index (χ2v) is 8.32. The van der Waals surface area contributed by atoms with E-state index >= 15 is 0 Å². The summed E-state index contributed by atoms with van der Waals surface area (Å²) < 4.78 is 24.5. The molecule has 9 heteroatoms. The van der Waals surface area contributed by atoms with Crippen molar-refractivity contribution < 1.29 is 18.4 Å². The fourth-order valence-electron chi connectivity index (χ4n) is 3.76. The molecule has 4 rings (SSSR count). The number of aromatic nitrogens is 2. The highest BCUT2D eigenvalue weighted by atomic mass is 35.5. The molecule has 0 saturated carbocycles. The largest absolute Gasteiger partial charge is 0.379 e. The minimum atomic E-state index is -0.433. The van der Waals surface area contributed by atoms with Crippen LogP contribution in [0.15, 0.2) is 53.1 Å². The SMILES string of the molecule is O=C(c1cccc(F)c1)N(CCCN1CCOCC1)CCc1nc(-c2cccc(Cl)c2)no1. The molecule has 2 heterocycles. The third-order valence-corrected chi connectivity index (χ3v) is 5.75. The average molecular weight is 473 g/mol. The van der Waals surface area contributed by atoms with Crippen LogP contribution in [0.4, 0.5) is 4.39 Å². The third kappa shape index (κ3) is 6.60. The smallest absolute Gasteiger partial charge is 0.253 e. The van der Waals surface area contributed by atoms with Crippen molar-refractivity contribution in [3.8, 4) is 11.4 Å². The normalized spacial score (nSPS) is 14.4. The van der Waals surface area contributed by atoms with Gasteiger partial charge in [-0.15, -0.1) is 0 Å². The predicted octanol–water partition coefficient (Wildman–Crippen LogP) is 3.94. The van der Waals surface area contributed by atoms with Gasteiger partial charge in [-0.05, 0) is 36.8 Å². The number of carbonyl (C=O) groups is 1. The van der Waals surface area contributed by atoms with E-state index in [2.05, 4.69) is 15.0 Å². The highest BCUT2D eigenvalue weighted by Crippen LogP contribution is 2.20. The van der Waals surface area contributed by atoms with Gasteiger partial charge in [-0.2, -0.15) is 4.98 Å². The van der Waals surface area contributed by atoms with Gasteiger partial charge in [0.2, 0.25) is 11.7 Å². The number of hydrogen-bond acceptors (Lipinski definition) is 6. The van der Waals surface area contributed by atoms with E-state index in [0.29, 0.717) is 41.8 Å². The van der Waals surface area contributed by atoms with Crippen molar-refractivity contribution in [3.63, 3.8) is 0 Å². The molecule has 1 aliphatic heterocycles. The van der Waals surface area contributed by atoms with Crippen LogP contribution in [0.2, 0.25) is 5.02 Å². The first kappa shape index (κ1) is 23.4. The first-order chi connectivity index (χ1) is 16.1. The van der Waals surface area contributed by atoms with Crippen LogP contribution >= 0.6 is 11.6 Å². The van der Waals surface area contributed by atoms with Crippen LogP contribution in [0.3, 0.4) is 0 Å². The first-order valence-corrected chi connectivity index (χ1v) is 11.4. The summed E-state index contributed by atoms with van der Waals surface area (Å²) in [6.45, 7) is 5.06. The number of morpholine rings is 1. The summed E-state index contributed by atoms with van der Waals surface area (Å²) in [5.74, 6) is 0.223. The second-order valence-electron chi connectivity index (χ2n) is 7.88. The number of benzene rings is 2. The zero-order valence-electron chi connectivity index (χ0n) is 18.3. The Labute approximate surface area is 197 Å². The molecule has 0 N–H and O–H groups in total. The number of ether oxygens (including phenoxy) is 1. The molecule has 0 unspecified atom stereocenters. The molecule has 0 spiro atoms. The van der Waals surface area contributed by atoms with Crippen LogP contribution in [-0.4, -0.2) is 71.8 Å². The Hall–Kier alpha value is -2.81. The van der Waals surface area contributed by atoms with Crippen molar-refractivity contribution >= 4 is 17.5 Å². The summed E-state index contributed by atoms with van der Waals surface area (Å²) in [4.78, 5) is 21.6. The monoisotopic (exact) mass is 472 g/mol. The summed E-state index contributed by atoms with van der Waals surface area (Å²) in [5, 5.41) is 4.62. The van der Waals surface area contributed by atoms with Crippen molar-refractivity contribution in [3.05, 3.63) is 70.8 Å². The van der Waals surface area contributed by atoms with E-state index in [1.165, 1.54) is 12.1 Å². The predicted molar refractivity (Wildman–Crippen MR) is 123 cm³/mol. The summed E-state index contributed by atoms with van der Waals surface area (Å²) in [6.07, 6.45) is 1.20. The molecule has 0 radical (unpaired) electrons. The Morgan fingerprint density at radius 2 is 1.94 bits per heavy atom. The molecule has 0 atom stereocenters. The highest BCUT2D eigenvalue weighted by Gasteiger charge is 2.19. The molecule has 1 fully saturated rings. The van der Waals surface area contributed by atoms with Gasteiger partial charge in [0.25, 0.3) is 5.91 Å². The number of amides is 1. The molecule has 33 heavy (non-hydrogen) atoms. The van der Waals surface area contributed by atoms with Gasteiger partial charge in [-0.1, -0.05) is 35.0 Å². The summed E-state index contributed by atoms with van der Waals surface area (Å²) in [6, 6.07) is 13.0. The van der Waals surface area contributed by atoms with Crippen LogP contribution in [0.5, 0.6) is 0 Å². The fraction of sp³-hybridized carbons (Fsp3) is 0.375. The van der Waals surface area contributed by atoms with Crippen LogP contribution in [0.1, 0.15) is 22.7 Å². The van der Waals surface area contributed by atoms with Gasteiger partial charge in [0.1, 0.15) is 5.82 Å². The van der Waals surface area contributed by atoms with Crippen molar-refractivity contribution in [1.82, 2.24) is 19.9 Å². The minimum absolute atomic E-state index is 0.217. The van der Waals surface area contributed by atoms with E-state index in [1.807, 2.05) is 12.1 Å². The highest BCUT2D eigenvalue weighted by molar-refractivity contribution is 6.30. The molecule has 7 nitrogen and oxygen atoms in total. The maximum atomic E-state index is 13.7. The standard InChI is InChI=1S/C24H26ClFN4O3/c25-20-6-1-4-18(16-20)23-27-22(33-28-23)8-11-30(10-3-9-29-12-14-32-15-13-29)24(31)19-5-2-7-21(26)17-19/h1-2,4-7,16-17H,3,8-15H2. The fourth-order valence-corrected chi connectivity index (χ4v) is 3.95. The topological polar surface area (TPSA) is 71.7 Å². The Kier molecular flexibility index (Phi) is 8.04. The lowest BCUT2D eigenvalue weighted by Crippen LogP contribution is -2.39. The molecule has 0 bridgehead atoms. The van der Waals surface area contributed by atoms with Crippen molar-refractivity contribution in [1.29, 1.82) is 0 Å². The van der Waals surface area contributed by atoms with Gasteiger partial charge in [0, 0.05) is 55.3 Å². The Balaban J connectivity index is 1.41. The van der Waals surface area contributed by atoms with Crippen molar-refractivity contribution in [2.24, 2.45) is 0 Å². The molecule has 1 amide bonds. The number of hydrogen-bond donors (Lipinski definition) is 0. The van der Waals surface area contributed by atoms with E-state index in [4.69, 9.17) is 20.9 Å². The number of nitrogens with zero attached hydrogens (tertiary/aromatic N) is 4. The van der Waals surface area contributed by atoms with Gasteiger partial charge in [-0.3, -0.25) is 9.69 Å². The lowest BCUT2D eigenvalue weighted by atomic mass is 10.1. The van der Waals surface area contributed by atoms with E-state index in [1.54, 1.807) is 29.2 Å².